The predicted molar refractivity (Wildman–Crippen MR) is 93.4 cm³/mol. The van der Waals surface area contributed by atoms with Crippen molar-refractivity contribution < 1.29 is 19.4 Å². The molecule has 0 heterocycles. The highest BCUT2D eigenvalue weighted by Crippen LogP contribution is 2.23. The Morgan fingerprint density at radius 3 is 2.12 bits per heavy atom. The Kier molecular flexibility index (Phi) is 5.58. The van der Waals surface area contributed by atoms with Crippen molar-refractivity contribution in [3.63, 3.8) is 0 Å². The van der Waals surface area contributed by atoms with Gasteiger partial charge in [0.15, 0.2) is 5.78 Å². The standard InChI is InChI=1S/C19H21NO4/c1-4-20(5-2)14-8-11-16(19(22)23)17(12-14)18(21)13-6-9-15(24-3)10-7-13/h6-12H,4-5H2,1-3H3,(H,22,23). The van der Waals surface area contributed by atoms with E-state index in [1.54, 1.807) is 43.5 Å². The molecule has 0 fully saturated rings. The molecule has 0 spiro atoms. The van der Waals surface area contributed by atoms with Crippen molar-refractivity contribution in [3.05, 3.63) is 59.2 Å². The Balaban J connectivity index is 2.49. The van der Waals surface area contributed by atoms with Crippen molar-refractivity contribution in [2.24, 2.45) is 0 Å². The van der Waals surface area contributed by atoms with Crippen LogP contribution in [0.4, 0.5) is 5.69 Å². The van der Waals surface area contributed by atoms with Crippen molar-refractivity contribution in [2.75, 3.05) is 25.1 Å². The van der Waals surface area contributed by atoms with Crippen LogP contribution in [-0.2, 0) is 0 Å². The van der Waals surface area contributed by atoms with Crippen LogP contribution >= 0.6 is 0 Å². The summed E-state index contributed by atoms with van der Waals surface area (Å²) < 4.78 is 5.08. The van der Waals surface area contributed by atoms with E-state index in [0.29, 0.717) is 11.3 Å². The quantitative estimate of drug-likeness (QED) is 0.789. The topological polar surface area (TPSA) is 66.8 Å². The van der Waals surface area contributed by atoms with E-state index in [2.05, 4.69) is 4.90 Å². The lowest BCUT2D eigenvalue weighted by molar-refractivity contribution is 0.0693. The van der Waals surface area contributed by atoms with Gasteiger partial charge in [0, 0.05) is 29.9 Å². The van der Waals surface area contributed by atoms with Gasteiger partial charge in [-0.05, 0) is 56.3 Å². The molecule has 0 saturated carbocycles. The van der Waals surface area contributed by atoms with Crippen molar-refractivity contribution in [3.8, 4) is 5.75 Å². The molecular weight excluding hydrogens is 306 g/mol. The van der Waals surface area contributed by atoms with Gasteiger partial charge in [-0.15, -0.1) is 0 Å². The maximum atomic E-state index is 12.8. The molecule has 2 rings (SSSR count). The van der Waals surface area contributed by atoms with Gasteiger partial charge in [0.05, 0.1) is 12.7 Å². The van der Waals surface area contributed by atoms with Gasteiger partial charge in [-0.3, -0.25) is 4.79 Å². The second-order valence-electron chi connectivity index (χ2n) is 5.26. The lowest BCUT2D eigenvalue weighted by Crippen LogP contribution is -2.22. The minimum atomic E-state index is -1.11. The Morgan fingerprint density at radius 2 is 1.62 bits per heavy atom. The fourth-order valence-electron chi connectivity index (χ4n) is 2.59. The summed E-state index contributed by atoms with van der Waals surface area (Å²) in [5, 5.41) is 9.40. The van der Waals surface area contributed by atoms with E-state index in [4.69, 9.17) is 4.74 Å². The zero-order valence-corrected chi connectivity index (χ0v) is 14.1. The second kappa shape index (κ2) is 7.64. The van der Waals surface area contributed by atoms with E-state index in [0.717, 1.165) is 18.8 Å². The van der Waals surface area contributed by atoms with Crippen molar-refractivity contribution in [1.82, 2.24) is 0 Å². The Morgan fingerprint density at radius 1 is 1.00 bits per heavy atom. The summed E-state index contributed by atoms with van der Waals surface area (Å²) in [5.74, 6) is -0.788. The molecule has 0 aromatic heterocycles. The maximum Gasteiger partial charge on any atom is 0.336 e. The van der Waals surface area contributed by atoms with Crippen molar-refractivity contribution in [2.45, 2.75) is 13.8 Å². The second-order valence-corrected chi connectivity index (χ2v) is 5.26. The largest absolute Gasteiger partial charge is 0.497 e. The van der Waals surface area contributed by atoms with E-state index < -0.39 is 5.97 Å². The molecule has 126 valence electrons. The van der Waals surface area contributed by atoms with Gasteiger partial charge < -0.3 is 14.7 Å². The first kappa shape index (κ1) is 17.5. The highest BCUT2D eigenvalue weighted by atomic mass is 16.5. The van der Waals surface area contributed by atoms with Gasteiger partial charge in [0.25, 0.3) is 0 Å². The summed E-state index contributed by atoms with van der Waals surface area (Å²) in [7, 11) is 1.55. The van der Waals surface area contributed by atoms with E-state index in [1.165, 1.54) is 6.07 Å². The van der Waals surface area contributed by atoms with E-state index in [9.17, 15) is 14.7 Å². The average Bonchev–Trinajstić information content (AvgIpc) is 2.62. The number of hydrogen-bond donors (Lipinski definition) is 1. The molecule has 5 heteroatoms. The zero-order valence-electron chi connectivity index (χ0n) is 14.1. The number of ketones is 1. The molecule has 0 atom stereocenters. The number of anilines is 1. The molecular formula is C19H21NO4. The molecule has 24 heavy (non-hydrogen) atoms. The van der Waals surface area contributed by atoms with Crippen LogP contribution in [0.15, 0.2) is 42.5 Å². The number of aromatic carboxylic acids is 1. The molecule has 0 saturated heterocycles. The maximum absolute atomic E-state index is 12.8. The lowest BCUT2D eigenvalue weighted by Gasteiger charge is -2.22. The molecule has 1 N–H and O–H groups in total. The summed E-state index contributed by atoms with van der Waals surface area (Å²) in [5.41, 5.74) is 1.46. The molecule has 0 radical (unpaired) electrons. The minimum Gasteiger partial charge on any atom is -0.497 e. The Labute approximate surface area is 141 Å². The fraction of sp³-hybridized carbons (Fsp3) is 0.263. The normalized spacial score (nSPS) is 10.3. The third-order valence-electron chi connectivity index (χ3n) is 3.96. The smallest absolute Gasteiger partial charge is 0.336 e. The summed E-state index contributed by atoms with van der Waals surface area (Å²) in [6.45, 7) is 5.58. The molecule has 2 aromatic rings. The number of nitrogens with zero attached hydrogens (tertiary/aromatic N) is 1. The number of rotatable bonds is 7. The van der Waals surface area contributed by atoms with Gasteiger partial charge >= 0.3 is 5.97 Å². The van der Waals surface area contributed by atoms with Crippen molar-refractivity contribution in [1.29, 1.82) is 0 Å². The zero-order chi connectivity index (χ0) is 17.7. The Hall–Kier alpha value is -2.82. The molecule has 0 amide bonds. The van der Waals surface area contributed by atoms with Gasteiger partial charge in [-0.1, -0.05) is 0 Å². The first-order chi connectivity index (χ1) is 11.5. The summed E-state index contributed by atoms with van der Waals surface area (Å²) in [6, 6.07) is 11.5. The first-order valence-corrected chi connectivity index (χ1v) is 7.82. The van der Waals surface area contributed by atoms with Gasteiger partial charge in [0.1, 0.15) is 5.75 Å². The fourth-order valence-corrected chi connectivity index (χ4v) is 2.59. The number of carboxylic acids is 1. The number of ether oxygens (including phenoxy) is 1. The minimum absolute atomic E-state index is 0.00623. The third kappa shape index (κ3) is 3.56. The molecule has 2 aromatic carbocycles. The van der Waals surface area contributed by atoms with Crippen LogP contribution in [0, 0.1) is 0 Å². The third-order valence-corrected chi connectivity index (χ3v) is 3.96. The summed E-state index contributed by atoms with van der Waals surface area (Å²) >= 11 is 0. The van der Waals surface area contributed by atoms with Gasteiger partial charge in [0.2, 0.25) is 0 Å². The molecule has 5 nitrogen and oxygen atoms in total. The summed E-state index contributed by atoms with van der Waals surface area (Å²) in [6.07, 6.45) is 0. The monoisotopic (exact) mass is 327 g/mol. The summed E-state index contributed by atoms with van der Waals surface area (Å²) in [4.78, 5) is 26.4. The highest BCUT2D eigenvalue weighted by molar-refractivity contribution is 6.14. The molecule has 0 aliphatic carbocycles. The molecule has 0 aliphatic heterocycles. The van der Waals surface area contributed by atoms with Crippen LogP contribution in [0.5, 0.6) is 5.75 Å². The predicted octanol–water partition coefficient (Wildman–Crippen LogP) is 3.47. The SMILES string of the molecule is CCN(CC)c1ccc(C(=O)O)c(C(=O)c2ccc(OC)cc2)c1. The van der Waals surface area contributed by atoms with Crippen LogP contribution in [0.1, 0.15) is 40.1 Å². The number of benzene rings is 2. The molecule has 0 unspecified atom stereocenters. The van der Waals surface area contributed by atoms with Crippen LogP contribution in [0.25, 0.3) is 0 Å². The highest BCUT2D eigenvalue weighted by Gasteiger charge is 2.19. The van der Waals surface area contributed by atoms with E-state index in [-0.39, 0.29) is 16.9 Å². The number of methoxy groups -OCH3 is 1. The molecule has 0 bridgehead atoms. The lowest BCUT2D eigenvalue weighted by atomic mass is 9.97. The van der Waals surface area contributed by atoms with Crippen LogP contribution < -0.4 is 9.64 Å². The first-order valence-electron chi connectivity index (χ1n) is 7.82. The van der Waals surface area contributed by atoms with Crippen LogP contribution in [-0.4, -0.2) is 37.1 Å². The van der Waals surface area contributed by atoms with Crippen LogP contribution in [0.2, 0.25) is 0 Å². The Bertz CT molecular complexity index is 734. The van der Waals surface area contributed by atoms with Gasteiger partial charge in [-0.2, -0.15) is 0 Å². The van der Waals surface area contributed by atoms with Crippen LogP contribution in [0.3, 0.4) is 0 Å². The molecule has 0 aliphatic rings. The van der Waals surface area contributed by atoms with Crippen molar-refractivity contribution >= 4 is 17.4 Å². The number of carbonyl (C=O) groups is 2. The average molecular weight is 327 g/mol. The van der Waals surface area contributed by atoms with E-state index in [1.807, 2.05) is 13.8 Å². The number of hydrogen-bond acceptors (Lipinski definition) is 4. The van der Waals surface area contributed by atoms with Gasteiger partial charge in [-0.25, -0.2) is 4.79 Å². The number of carboxylic acid groups (broad SMARTS) is 1. The van der Waals surface area contributed by atoms with E-state index >= 15 is 0 Å². The number of carbonyl (C=O) groups excluding carboxylic acids is 1.